The molecule has 0 heterocycles. The van der Waals surface area contributed by atoms with Gasteiger partial charge in [0.2, 0.25) is 5.91 Å². The number of rotatable bonds is 7. The summed E-state index contributed by atoms with van der Waals surface area (Å²) in [6.07, 6.45) is 0.203. The Morgan fingerprint density at radius 3 is 2.16 bits per heavy atom. The summed E-state index contributed by atoms with van der Waals surface area (Å²) in [6, 6.07) is 22.2. The SMILES string of the molecule is Cc1cccc(N(C)C(=O)[C@H](Cc2ccccc2)NC(=O)NS(=O)(=O)c2ccccc2)c1. The molecule has 0 fully saturated rings. The minimum absolute atomic E-state index is 0.0436. The van der Waals surface area contributed by atoms with Gasteiger partial charge in [0.15, 0.2) is 0 Å². The normalized spacial score (nSPS) is 11.9. The minimum atomic E-state index is -4.07. The van der Waals surface area contributed by atoms with Crippen molar-refractivity contribution in [3.05, 3.63) is 96.1 Å². The summed E-state index contributed by atoms with van der Waals surface area (Å²) in [7, 11) is -2.45. The largest absolute Gasteiger partial charge is 0.329 e. The molecular formula is C24H25N3O4S. The second-order valence-electron chi connectivity index (χ2n) is 7.37. The van der Waals surface area contributed by atoms with Crippen LogP contribution < -0.4 is 14.9 Å². The van der Waals surface area contributed by atoms with Crippen molar-refractivity contribution in [1.29, 1.82) is 0 Å². The van der Waals surface area contributed by atoms with Crippen LogP contribution in [0.25, 0.3) is 0 Å². The van der Waals surface area contributed by atoms with E-state index < -0.39 is 22.1 Å². The molecule has 166 valence electrons. The summed E-state index contributed by atoms with van der Waals surface area (Å²) in [5.74, 6) is -0.369. The van der Waals surface area contributed by atoms with E-state index in [0.717, 1.165) is 11.1 Å². The number of hydrogen-bond acceptors (Lipinski definition) is 4. The first kappa shape index (κ1) is 23.0. The summed E-state index contributed by atoms with van der Waals surface area (Å²) in [4.78, 5) is 27.2. The van der Waals surface area contributed by atoms with Gasteiger partial charge < -0.3 is 10.2 Å². The molecule has 3 aromatic carbocycles. The Morgan fingerprint density at radius 2 is 1.53 bits per heavy atom. The van der Waals surface area contributed by atoms with E-state index in [0.29, 0.717) is 5.69 Å². The Morgan fingerprint density at radius 1 is 0.906 bits per heavy atom. The number of nitrogens with zero attached hydrogens (tertiary/aromatic N) is 1. The lowest BCUT2D eigenvalue weighted by Crippen LogP contribution is -2.52. The third-order valence-corrected chi connectivity index (χ3v) is 6.23. The van der Waals surface area contributed by atoms with Gasteiger partial charge in [-0.2, -0.15) is 0 Å². The molecule has 3 amide bonds. The molecule has 3 rings (SSSR count). The van der Waals surface area contributed by atoms with Gasteiger partial charge in [-0.3, -0.25) is 4.79 Å². The first-order chi connectivity index (χ1) is 15.3. The fourth-order valence-corrected chi connectivity index (χ4v) is 4.15. The third kappa shape index (κ3) is 5.95. The second kappa shape index (κ2) is 10.1. The van der Waals surface area contributed by atoms with Gasteiger partial charge in [0.05, 0.1) is 4.90 Å². The lowest BCUT2D eigenvalue weighted by molar-refractivity contribution is -0.120. The van der Waals surface area contributed by atoms with Crippen molar-refractivity contribution in [3.8, 4) is 0 Å². The van der Waals surface area contributed by atoms with Crippen molar-refractivity contribution in [3.63, 3.8) is 0 Å². The first-order valence-electron chi connectivity index (χ1n) is 10.0. The molecule has 0 aliphatic heterocycles. The van der Waals surface area contributed by atoms with Crippen LogP contribution in [-0.4, -0.2) is 33.4 Å². The van der Waals surface area contributed by atoms with Crippen LogP contribution in [0, 0.1) is 6.92 Å². The Bertz CT molecular complexity index is 1180. The zero-order valence-corrected chi connectivity index (χ0v) is 18.7. The number of sulfonamides is 1. The van der Waals surface area contributed by atoms with E-state index in [-0.39, 0.29) is 17.2 Å². The first-order valence-corrected chi connectivity index (χ1v) is 11.5. The highest BCUT2D eigenvalue weighted by molar-refractivity contribution is 7.90. The number of aryl methyl sites for hydroxylation is 1. The van der Waals surface area contributed by atoms with Gasteiger partial charge in [-0.05, 0) is 42.3 Å². The summed E-state index contributed by atoms with van der Waals surface area (Å²) >= 11 is 0. The van der Waals surface area contributed by atoms with Crippen LogP contribution in [0.3, 0.4) is 0 Å². The Kier molecular flexibility index (Phi) is 7.27. The maximum Gasteiger partial charge on any atom is 0.329 e. The van der Waals surface area contributed by atoms with Gasteiger partial charge in [-0.1, -0.05) is 60.7 Å². The zero-order valence-electron chi connectivity index (χ0n) is 17.9. The van der Waals surface area contributed by atoms with Gasteiger partial charge in [0.1, 0.15) is 6.04 Å². The van der Waals surface area contributed by atoms with Crippen LogP contribution in [0.5, 0.6) is 0 Å². The zero-order chi connectivity index (χ0) is 23.1. The van der Waals surface area contributed by atoms with Crippen molar-refractivity contribution in [2.75, 3.05) is 11.9 Å². The van der Waals surface area contributed by atoms with Crippen molar-refractivity contribution in [2.45, 2.75) is 24.3 Å². The van der Waals surface area contributed by atoms with Gasteiger partial charge >= 0.3 is 6.03 Å². The molecule has 0 radical (unpaired) electrons. The molecule has 0 aliphatic carbocycles. The molecule has 0 spiro atoms. The van der Waals surface area contributed by atoms with E-state index in [2.05, 4.69) is 5.32 Å². The molecule has 0 aromatic heterocycles. The molecule has 3 aromatic rings. The number of nitrogens with one attached hydrogen (secondary N) is 2. The predicted molar refractivity (Wildman–Crippen MR) is 124 cm³/mol. The van der Waals surface area contributed by atoms with E-state index in [1.807, 2.05) is 60.2 Å². The number of hydrogen-bond donors (Lipinski definition) is 2. The molecule has 0 aliphatic rings. The Labute approximate surface area is 188 Å². The summed E-state index contributed by atoms with van der Waals surface area (Å²) < 4.78 is 26.9. The average molecular weight is 452 g/mol. The van der Waals surface area contributed by atoms with Crippen molar-refractivity contribution in [1.82, 2.24) is 10.0 Å². The van der Waals surface area contributed by atoms with Gasteiger partial charge in [0.25, 0.3) is 10.0 Å². The molecule has 0 unspecified atom stereocenters. The quantitative estimate of drug-likeness (QED) is 0.576. The van der Waals surface area contributed by atoms with Crippen molar-refractivity contribution in [2.24, 2.45) is 0 Å². The fraction of sp³-hybridized carbons (Fsp3) is 0.167. The predicted octanol–water partition coefficient (Wildman–Crippen LogP) is 3.26. The molecule has 0 saturated heterocycles. The van der Waals surface area contributed by atoms with Crippen LogP contribution in [0.2, 0.25) is 0 Å². The average Bonchev–Trinajstić information content (AvgIpc) is 2.78. The highest BCUT2D eigenvalue weighted by Gasteiger charge is 2.27. The standard InChI is InChI=1S/C24H25N3O4S/c1-18-10-9-13-20(16-18)27(2)23(28)22(17-19-11-5-3-6-12-19)25-24(29)26-32(30,31)21-14-7-4-8-15-21/h3-16,22H,17H2,1-2H3,(H2,25,26,29)/t22-/m0/s1. The highest BCUT2D eigenvalue weighted by atomic mass is 32.2. The molecule has 0 saturated carbocycles. The second-order valence-corrected chi connectivity index (χ2v) is 9.05. The third-order valence-electron chi connectivity index (χ3n) is 4.89. The summed E-state index contributed by atoms with van der Waals surface area (Å²) in [5, 5.41) is 2.54. The van der Waals surface area contributed by atoms with E-state index in [1.165, 1.54) is 17.0 Å². The van der Waals surface area contributed by atoms with Gasteiger partial charge in [0, 0.05) is 19.2 Å². The minimum Gasteiger partial charge on any atom is -0.325 e. The maximum absolute atomic E-state index is 13.3. The molecule has 8 heteroatoms. The fourth-order valence-electron chi connectivity index (χ4n) is 3.22. The number of urea groups is 1. The number of amides is 3. The summed E-state index contributed by atoms with van der Waals surface area (Å²) in [6.45, 7) is 1.92. The van der Waals surface area contributed by atoms with Crippen LogP contribution in [-0.2, 0) is 21.2 Å². The topological polar surface area (TPSA) is 95.6 Å². The molecular weight excluding hydrogens is 426 g/mol. The van der Waals surface area contributed by atoms with Crippen molar-refractivity contribution < 1.29 is 18.0 Å². The summed E-state index contributed by atoms with van der Waals surface area (Å²) in [5.41, 5.74) is 2.49. The van der Waals surface area contributed by atoms with Crippen LogP contribution in [0.1, 0.15) is 11.1 Å². The molecule has 0 bridgehead atoms. The van der Waals surface area contributed by atoms with E-state index in [1.54, 1.807) is 31.3 Å². The number of anilines is 1. The van der Waals surface area contributed by atoms with Crippen LogP contribution in [0.15, 0.2) is 89.8 Å². The molecule has 7 nitrogen and oxygen atoms in total. The smallest absolute Gasteiger partial charge is 0.325 e. The lowest BCUT2D eigenvalue weighted by atomic mass is 10.0. The molecule has 1 atom stereocenters. The van der Waals surface area contributed by atoms with E-state index in [9.17, 15) is 18.0 Å². The van der Waals surface area contributed by atoms with E-state index in [4.69, 9.17) is 0 Å². The number of carbonyl (C=O) groups excluding carboxylic acids is 2. The molecule has 32 heavy (non-hydrogen) atoms. The van der Waals surface area contributed by atoms with Crippen molar-refractivity contribution >= 4 is 27.6 Å². The van der Waals surface area contributed by atoms with Gasteiger partial charge in [-0.25, -0.2) is 17.9 Å². The number of carbonyl (C=O) groups is 2. The Balaban J connectivity index is 1.81. The van der Waals surface area contributed by atoms with E-state index >= 15 is 0 Å². The Hall–Kier alpha value is -3.65. The number of benzene rings is 3. The monoisotopic (exact) mass is 451 g/mol. The highest BCUT2D eigenvalue weighted by Crippen LogP contribution is 2.16. The maximum atomic E-state index is 13.3. The van der Waals surface area contributed by atoms with Crippen LogP contribution >= 0.6 is 0 Å². The lowest BCUT2D eigenvalue weighted by Gasteiger charge is -2.25. The molecule has 2 N–H and O–H groups in total. The van der Waals surface area contributed by atoms with Gasteiger partial charge in [-0.15, -0.1) is 0 Å². The van der Waals surface area contributed by atoms with Crippen LogP contribution in [0.4, 0.5) is 10.5 Å². The number of likely N-dealkylation sites (N-methyl/N-ethyl adjacent to an activating group) is 1.